The molecule has 0 bridgehead atoms. The largest absolute Gasteiger partial charge is 0.467 e. The Morgan fingerprint density at radius 2 is 2.04 bits per heavy atom. The number of furan rings is 1. The highest BCUT2D eigenvalue weighted by atomic mass is 35.5. The van der Waals surface area contributed by atoms with Crippen molar-refractivity contribution in [1.82, 2.24) is 4.90 Å². The fourth-order valence-corrected chi connectivity index (χ4v) is 2.76. The molecule has 1 saturated heterocycles. The topological polar surface area (TPSA) is 68.7 Å². The predicted molar refractivity (Wildman–Crippen MR) is 89.4 cm³/mol. The molecule has 1 aliphatic rings. The van der Waals surface area contributed by atoms with E-state index in [0.29, 0.717) is 24.4 Å². The second-order valence-electron chi connectivity index (χ2n) is 5.70. The normalized spacial score (nSPS) is 20.5. The van der Waals surface area contributed by atoms with E-state index in [-0.39, 0.29) is 42.9 Å². The average molecular weight is 355 g/mol. The molecule has 1 aliphatic heterocycles. The van der Waals surface area contributed by atoms with Crippen molar-refractivity contribution in [3.63, 3.8) is 0 Å². The second-order valence-corrected chi connectivity index (χ2v) is 5.70. The molecule has 0 saturated carbocycles. The Balaban J connectivity index is 0.00000208. The zero-order valence-electron chi connectivity index (χ0n) is 13.3. The van der Waals surface area contributed by atoms with Gasteiger partial charge in [0.15, 0.2) is 0 Å². The van der Waals surface area contributed by atoms with Crippen LogP contribution in [0.25, 0.3) is 0 Å². The summed E-state index contributed by atoms with van der Waals surface area (Å²) in [4.78, 5) is 14.3. The molecule has 5 nitrogen and oxygen atoms in total. The Labute approximate surface area is 146 Å². The van der Waals surface area contributed by atoms with Gasteiger partial charge in [-0.25, -0.2) is 4.39 Å². The van der Waals surface area contributed by atoms with Gasteiger partial charge in [0.2, 0.25) is 0 Å². The van der Waals surface area contributed by atoms with Crippen LogP contribution in [0.5, 0.6) is 0 Å². The van der Waals surface area contributed by atoms with Gasteiger partial charge in [-0.1, -0.05) is 12.1 Å². The van der Waals surface area contributed by atoms with Crippen molar-refractivity contribution < 1.29 is 18.3 Å². The molecule has 24 heavy (non-hydrogen) atoms. The van der Waals surface area contributed by atoms with Gasteiger partial charge in [0.05, 0.1) is 24.8 Å². The zero-order valence-corrected chi connectivity index (χ0v) is 14.1. The first-order chi connectivity index (χ1) is 11.1. The third-order valence-corrected chi connectivity index (χ3v) is 3.89. The number of nitrogens with zero attached hydrogens (tertiary/aromatic N) is 1. The molecule has 2 atom stereocenters. The molecule has 0 spiro atoms. The van der Waals surface area contributed by atoms with E-state index in [1.54, 1.807) is 23.1 Å². The number of carbonyl (C=O) groups excluding carboxylic acids is 1. The minimum Gasteiger partial charge on any atom is -0.467 e. The number of hydrogen-bond donors (Lipinski definition) is 1. The van der Waals surface area contributed by atoms with Crippen molar-refractivity contribution in [2.45, 2.75) is 25.7 Å². The van der Waals surface area contributed by atoms with E-state index in [4.69, 9.17) is 14.9 Å². The Morgan fingerprint density at radius 3 is 2.67 bits per heavy atom. The van der Waals surface area contributed by atoms with E-state index >= 15 is 0 Å². The standard InChI is InChI=1S/C17H19FN2O3.ClH/c1-11-8-20(17(21)13-6-15(7-19)22-10-13)9-16(23-11)12-2-4-14(18)5-3-12;/h2-6,10-11,16H,7-9,19H2,1H3;1H. The van der Waals surface area contributed by atoms with E-state index in [0.717, 1.165) is 5.56 Å². The first-order valence-corrected chi connectivity index (χ1v) is 7.54. The first-order valence-electron chi connectivity index (χ1n) is 7.54. The number of hydrogen-bond acceptors (Lipinski definition) is 4. The molecule has 1 aromatic carbocycles. The van der Waals surface area contributed by atoms with E-state index in [1.165, 1.54) is 18.4 Å². The Hall–Kier alpha value is -1.89. The van der Waals surface area contributed by atoms with Crippen molar-refractivity contribution in [3.05, 3.63) is 59.3 Å². The monoisotopic (exact) mass is 354 g/mol. The van der Waals surface area contributed by atoms with Crippen LogP contribution >= 0.6 is 12.4 Å². The minimum atomic E-state index is -0.293. The Morgan fingerprint density at radius 1 is 1.33 bits per heavy atom. The number of ether oxygens (including phenoxy) is 1. The Kier molecular flexibility index (Phi) is 5.99. The Bertz CT molecular complexity index is 689. The number of halogens is 2. The second kappa shape index (κ2) is 7.79. The van der Waals surface area contributed by atoms with Crippen LogP contribution < -0.4 is 5.73 Å². The van der Waals surface area contributed by atoms with Crippen molar-refractivity contribution in [2.24, 2.45) is 5.73 Å². The molecular formula is C17H20ClFN2O3. The summed E-state index contributed by atoms with van der Waals surface area (Å²) >= 11 is 0. The van der Waals surface area contributed by atoms with Gasteiger partial charge < -0.3 is 19.8 Å². The molecule has 1 aromatic heterocycles. The highest BCUT2D eigenvalue weighted by Gasteiger charge is 2.30. The zero-order chi connectivity index (χ0) is 16.4. The highest BCUT2D eigenvalue weighted by Crippen LogP contribution is 2.26. The van der Waals surface area contributed by atoms with Crippen LogP contribution in [0.2, 0.25) is 0 Å². The van der Waals surface area contributed by atoms with E-state index in [2.05, 4.69) is 0 Å². The van der Waals surface area contributed by atoms with E-state index in [9.17, 15) is 9.18 Å². The quantitative estimate of drug-likeness (QED) is 0.920. The van der Waals surface area contributed by atoms with Crippen molar-refractivity contribution in [1.29, 1.82) is 0 Å². The average Bonchev–Trinajstić information content (AvgIpc) is 3.03. The van der Waals surface area contributed by atoms with Gasteiger partial charge in [0, 0.05) is 6.54 Å². The molecule has 3 rings (SSSR count). The number of rotatable bonds is 3. The van der Waals surface area contributed by atoms with Gasteiger partial charge in [-0.05, 0) is 30.7 Å². The molecule has 1 amide bonds. The molecule has 1 fully saturated rings. The third kappa shape index (κ3) is 3.95. The van der Waals surface area contributed by atoms with Crippen LogP contribution in [0.15, 0.2) is 41.0 Å². The maximum absolute atomic E-state index is 13.1. The van der Waals surface area contributed by atoms with Crippen LogP contribution in [-0.2, 0) is 11.3 Å². The van der Waals surface area contributed by atoms with Gasteiger partial charge in [0.1, 0.15) is 23.9 Å². The predicted octanol–water partition coefficient (Wildman–Crippen LogP) is 2.90. The molecule has 7 heteroatoms. The summed E-state index contributed by atoms with van der Waals surface area (Å²) in [6.45, 7) is 3.08. The lowest BCUT2D eigenvalue weighted by molar-refractivity contribution is -0.0692. The van der Waals surface area contributed by atoms with Crippen LogP contribution in [0.3, 0.4) is 0 Å². The van der Waals surface area contributed by atoms with Crippen molar-refractivity contribution in [2.75, 3.05) is 13.1 Å². The number of benzene rings is 1. The molecule has 2 aromatic rings. The molecule has 130 valence electrons. The summed E-state index contributed by atoms with van der Waals surface area (Å²) in [6, 6.07) is 7.83. The van der Waals surface area contributed by atoms with Gasteiger partial charge in [0.25, 0.3) is 5.91 Å². The third-order valence-electron chi connectivity index (χ3n) is 3.89. The molecule has 2 N–H and O–H groups in total. The van der Waals surface area contributed by atoms with Gasteiger partial charge >= 0.3 is 0 Å². The molecule has 2 unspecified atom stereocenters. The molecule has 0 radical (unpaired) electrons. The van der Waals surface area contributed by atoms with Crippen LogP contribution in [0.4, 0.5) is 4.39 Å². The minimum absolute atomic E-state index is 0. The SMILES string of the molecule is CC1CN(C(=O)c2coc(CN)c2)CC(c2ccc(F)cc2)O1.Cl. The number of amides is 1. The summed E-state index contributed by atoms with van der Waals surface area (Å²) in [5.74, 6) is 0.165. The number of nitrogens with two attached hydrogens (primary N) is 1. The lowest BCUT2D eigenvalue weighted by Crippen LogP contribution is -2.45. The van der Waals surface area contributed by atoms with Crippen LogP contribution in [-0.4, -0.2) is 30.0 Å². The number of morpholine rings is 1. The first kappa shape index (κ1) is 18.4. The molecule has 0 aliphatic carbocycles. The lowest BCUT2D eigenvalue weighted by Gasteiger charge is -2.36. The molecular weight excluding hydrogens is 335 g/mol. The van der Waals surface area contributed by atoms with Gasteiger partial charge in [-0.2, -0.15) is 0 Å². The van der Waals surface area contributed by atoms with E-state index in [1.807, 2.05) is 6.92 Å². The van der Waals surface area contributed by atoms with Crippen LogP contribution in [0.1, 0.15) is 34.7 Å². The summed E-state index contributed by atoms with van der Waals surface area (Å²) in [6.07, 6.45) is 1.05. The van der Waals surface area contributed by atoms with Gasteiger partial charge in [-0.15, -0.1) is 12.4 Å². The maximum atomic E-state index is 13.1. The fourth-order valence-electron chi connectivity index (χ4n) is 2.76. The fraction of sp³-hybridized carbons (Fsp3) is 0.353. The summed E-state index contributed by atoms with van der Waals surface area (Å²) in [7, 11) is 0. The number of carbonyl (C=O) groups is 1. The smallest absolute Gasteiger partial charge is 0.257 e. The molecule has 2 heterocycles. The van der Waals surface area contributed by atoms with E-state index < -0.39 is 0 Å². The maximum Gasteiger partial charge on any atom is 0.257 e. The highest BCUT2D eigenvalue weighted by molar-refractivity contribution is 5.94. The summed E-state index contributed by atoms with van der Waals surface area (Å²) < 4.78 is 24.2. The summed E-state index contributed by atoms with van der Waals surface area (Å²) in [5, 5.41) is 0. The summed E-state index contributed by atoms with van der Waals surface area (Å²) in [5.41, 5.74) is 6.84. The van der Waals surface area contributed by atoms with Crippen LogP contribution in [0, 0.1) is 5.82 Å². The van der Waals surface area contributed by atoms with Crippen molar-refractivity contribution in [3.8, 4) is 0 Å². The van der Waals surface area contributed by atoms with Crippen molar-refractivity contribution >= 4 is 18.3 Å². The lowest BCUT2D eigenvalue weighted by atomic mass is 10.1. The van der Waals surface area contributed by atoms with Gasteiger partial charge in [-0.3, -0.25) is 4.79 Å².